The number of nitrogens with one attached hydrogen (secondary N) is 1. The van der Waals surface area contributed by atoms with Crippen LogP contribution in [0, 0.1) is 6.92 Å². The molecule has 25 heavy (non-hydrogen) atoms. The van der Waals surface area contributed by atoms with Gasteiger partial charge in [-0.1, -0.05) is 37.1 Å². The second-order valence-corrected chi connectivity index (χ2v) is 7.46. The normalized spacial score (nSPS) is 23.8. The van der Waals surface area contributed by atoms with Crippen LogP contribution in [0.2, 0.25) is 0 Å². The maximum absolute atomic E-state index is 12.4. The second-order valence-electron chi connectivity index (χ2n) is 7.46. The molecule has 0 unspecified atom stereocenters. The molecule has 2 fully saturated rings. The van der Waals surface area contributed by atoms with Gasteiger partial charge in [-0.25, -0.2) is 0 Å². The molecule has 1 saturated carbocycles. The van der Waals surface area contributed by atoms with Crippen molar-refractivity contribution >= 4 is 11.8 Å². The van der Waals surface area contributed by atoms with Crippen molar-refractivity contribution in [3.63, 3.8) is 0 Å². The lowest BCUT2D eigenvalue weighted by molar-refractivity contribution is -0.133. The molecule has 1 aromatic carbocycles. The number of carbonyl (C=O) groups is 2. The maximum Gasteiger partial charge on any atom is 0.223 e. The van der Waals surface area contributed by atoms with Crippen molar-refractivity contribution in [3.05, 3.63) is 35.4 Å². The summed E-state index contributed by atoms with van der Waals surface area (Å²) in [5, 5.41) is 14.0. The van der Waals surface area contributed by atoms with Crippen LogP contribution in [-0.2, 0) is 15.2 Å². The molecule has 1 heterocycles. The number of hydrogen-bond acceptors (Lipinski definition) is 3. The molecule has 1 aliphatic carbocycles. The molecular formula is C20H28N2O3. The first-order valence-corrected chi connectivity index (χ1v) is 9.33. The predicted octanol–water partition coefficient (Wildman–Crippen LogP) is 2.25. The van der Waals surface area contributed by atoms with Gasteiger partial charge in [0.05, 0.1) is 6.54 Å². The minimum atomic E-state index is -0.979. The van der Waals surface area contributed by atoms with Gasteiger partial charge < -0.3 is 15.3 Å². The number of likely N-dealkylation sites (tertiary alicyclic amines) is 1. The third-order valence-corrected chi connectivity index (χ3v) is 5.53. The van der Waals surface area contributed by atoms with Crippen LogP contribution in [0.25, 0.3) is 0 Å². The lowest BCUT2D eigenvalue weighted by Gasteiger charge is -2.25. The Bertz CT molecular complexity index is 640. The number of β-amino-alcohol motifs (C(OH)–C–C–N with tert-alkyl or cyclic N) is 1. The quantitative estimate of drug-likeness (QED) is 0.861. The molecule has 2 amide bonds. The number of carbonyl (C=O) groups excluding carboxylic acids is 2. The van der Waals surface area contributed by atoms with Crippen molar-refractivity contribution in [2.75, 3.05) is 13.1 Å². The van der Waals surface area contributed by atoms with Gasteiger partial charge in [0, 0.05) is 25.4 Å². The van der Waals surface area contributed by atoms with Gasteiger partial charge >= 0.3 is 0 Å². The number of amides is 2. The Morgan fingerprint density at radius 3 is 2.68 bits per heavy atom. The summed E-state index contributed by atoms with van der Waals surface area (Å²) in [5.74, 6) is -0.0836. The van der Waals surface area contributed by atoms with Gasteiger partial charge in [0.1, 0.15) is 5.60 Å². The van der Waals surface area contributed by atoms with Gasteiger partial charge in [-0.15, -0.1) is 0 Å². The summed E-state index contributed by atoms with van der Waals surface area (Å²) in [4.78, 5) is 26.1. The largest absolute Gasteiger partial charge is 0.383 e. The smallest absolute Gasteiger partial charge is 0.223 e. The number of nitrogens with zero attached hydrogens (tertiary/aromatic N) is 1. The van der Waals surface area contributed by atoms with Crippen molar-refractivity contribution < 1.29 is 14.7 Å². The fourth-order valence-corrected chi connectivity index (χ4v) is 4.07. The fraction of sp³-hybridized carbons (Fsp3) is 0.600. The van der Waals surface area contributed by atoms with E-state index < -0.39 is 5.60 Å². The third-order valence-electron chi connectivity index (χ3n) is 5.53. The van der Waals surface area contributed by atoms with Gasteiger partial charge in [0.2, 0.25) is 11.8 Å². The molecular weight excluding hydrogens is 316 g/mol. The van der Waals surface area contributed by atoms with Crippen molar-refractivity contribution in [1.29, 1.82) is 0 Å². The van der Waals surface area contributed by atoms with E-state index in [4.69, 9.17) is 0 Å². The first kappa shape index (κ1) is 17.9. The van der Waals surface area contributed by atoms with Crippen molar-refractivity contribution in [2.45, 2.75) is 63.5 Å². The van der Waals surface area contributed by atoms with Gasteiger partial charge in [-0.3, -0.25) is 9.59 Å². The lowest BCUT2D eigenvalue weighted by Crippen LogP contribution is -2.36. The molecule has 5 heteroatoms. The van der Waals surface area contributed by atoms with Crippen LogP contribution in [0.5, 0.6) is 0 Å². The van der Waals surface area contributed by atoms with E-state index >= 15 is 0 Å². The van der Waals surface area contributed by atoms with Crippen LogP contribution in [0.15, 0.2) is 24.3 Å². The Labute approximate surface area is 149 Å². The zero-order valence-electron chi connectivity index (χ0n) is 15.0. The van der Waals surface area contributed by atoms with E-state index in [1.54, 1.807) is 4.90 Å². The molecule has 2 N–H and O–H groups in total. The summed E-state index contributed by atoms with van der Waals surface area (Å²) in [6.07, 6.45) is 5.43. The highest BCUT2D eigenvalue weighted by molar-refractivity contribution is 5.84. The second kappa shape index (κ2) is 7.56. The van der Waals surface area contributed by atoms with E-state index in [-0.39, 0.29) is 24.7 Å². The molecule has 1 aromatic rings. The van der Waals surface area contributed by atoms with Crippen LogP contribution in [0.4, 0.5) is 0 Å². The van der Waals surface area contributed by atoms with Gasteiger partial charge in [-0.2, -0.15) is 0 Å². The van der Waals surface area contributed by atoms with Gasteiger partial charge in [0.25, 0.3) is 0 Å². The fourth-order valence-electron chi connectivity index (χ4n) is 4.07. The van der Waals surface area contributed by atoms with E-state index in [1.807, 2.05) is 31.2 Å². The van der Waals surface area contributed by atoms with E-state index in [1.165, 1.54) is 12.8 Å². The van der Waals surface area contributed by atoms with Crippen LogP contribution < -0.4 is 5.32 Å². The highest BCUT2D eigenvalue weighted by atomic mass is 16.3. The zero-order valence-corrected chi connectivity index (χ0v) is 15.0. The molecule has 1 aliphatic heterocycles. The molecule has 0 radical (unpaired) electrons. The molecule has 5 nitrogen and oxygen atoms in total. The molecule has 1 saturated heterocycles. The summed E-state index contributed by atoms with van der Waals surface area (Å²) in [7, 11) is 0. The Morgan fingerprint density at radius 1 is 1.24 bits per heavy atom. The monoisotopic (exact) mass is 344 g/mol. The number of hydrogen-bond donors (Lipinski definition) is 2. The van der Waals surface area contributed by atoms with E-state index in [9.17, 15) is 14.7 Å². The Balaban J connectivity index is 1.50. The zero-order chi connectivity index (χ0) is 17.9. The highest BCUT2D eigenvalue weighted by Gasteiger charge is 2.40. The van der Waals surface area contributed by atoms with Crippen LogP contribution in [0.1, 0.15) is 56.1 Å². The summed E-state index contributed by atoms with van der Waals surface area (Å²) in [6.45, 7) is 2.82. The summed E-state index contributed by atoms with van der Waals surface area (Å²) < 4.78 is 0. The van der Waals surface area contributed by atoms with Crippen LogP contribution in [-0.4, -0.2) is 41.0 Å². The van der Waals surface area contributed by atoms with E-state index in [0.717, 1.165) is 24.0 Å². The molecule has 2 aliphatic rings. The lowest BCUT2D eigenvalue weighted by atomic mass is 9.89. The molecule has 1 atom stereocenters. The average Bonchev–Trinajstić information content (AvgIpc) is 3.23. The molecule has 0 bridgehead atoms. The third kappa shape index (κ3) is 4.21. The van der Waals surface area contributed by atoms with Crippen molar-refractivity contribution in [2.24, 2.45) is 0 Å². The number of aryl methyl sites for hydroxylation is 1. The van der Waals surface area contributed by atoms with E-state index in [2.05, 4.69) is 5.32 Å². The minimum Gasteiger partial charge on any atom is -0.383 e. The van der Waals surface area contributed by atoms with Gasteiger partial charge in [0.15, 0.2) is 0 Å². The molecule has 3 rings (SSSR count). The Morgan fingerprint density at radius 2 is 1.96 bits per heavy atom. The van der Waals surface area contributed by atoms with E-state index in [0.29, 0.717) is 25.6 Å². The van der Waals surface area contributed by atoms with Crippen molar-refractivity contribution in [3.8, 4) is 0 Å². The summed E-state index contributed by atoms with van der Waals surface area (Å²) in [5.41, 5.74) is 0.951. The first-order valence-electron chi connectivity index (χ1n) is 9.33. The number of benzene rings is 1. The minimum absolute atomic E-state index is 0.0337. The number of rotatable bonds is 5. The van der Waals surface area contributed by atoms with Gasteiger partial charge in [-0.05, 0) is 37.3 Å². The first-order chi connectivity index (χ1) is 12.0. The van der Waals surface area contributed by atoms with Crippen molar-refractivity contribution in [1.82, 2.24) is 10.2 Å². The molecule has 0 aromatic heterocycles. The Kier molecular flexibility index (Phi) is 5.42. The summed E-state index contributed by atoms with van der Waals surface area (Å²) in [6, 6.07) is 8.06. The Hall–Kier alpha value is -1.88. The molecule has 0 spiro atoms. The van der Waals surface area contributed by atoms with Crippen LogP contribution in [0.3, 0.4) is 0 Å². The topological polar surface area (TPSA) is 69.6 Å². The standard InChI is InChI=1S/C20H28N2O3/c1-15-6-2-5-9-17(15)20(25)12-13-22(14-20)19(24)11-10-18(23)21-16-7-3-4-8-16/h2,5-6,9,16,25H,3-4,7-8,10-14H2,1H3,(H,21,23)/t20-/m0/s1. The highest BCUT2D eigenvalue weighted by Crippen LogP contribution is 2.34. The van der Waals surface area contributed by atoms with Crippen LogP contribution >= 0.6 is 0 Å². The predicted molar refractivity (Wildman–Crippen MR) is 95.9 cm³/mol. The average molecular weight is 344 g/mol. The maximum atomic E-state index is 12.4. The SMILES string of the molecule is Cc1ccccc1[C@]1(O)CCN(C(=O)CCC(=O)NC2CCCC2)C1. The summed E-state index contributed by atoms with van der Waals surface area (Å²) >= 11 is 0. The molecule has 136 valence electrons. The number of aliphatic hydroxyl groups is 1.